The fourth-order valence-electron chi connectivity index (χ4n) is 3.31. The van der Waals surface area contributed by atoms with Crippen molar-refractivity contribution in [2.24, 2.45) is 0 Å². The molecule has 2 heterocycles. The fourth-order valence-corrected chi connectivity index (χ4v) is 3.52. The molecule has 1 aromatic heterocycles. The van der Waals surface area contributed by atoms with Crippen LogP contribution in [0, 0.1) is 5.82 Å². The predicted octanol–water partition coefficient (Wildman–Crippen LogP) is 3.32. The van der Waals surface area contributed by atoms with Crippen LogP contribution in [0.5, 0.6) is 6.01 Å². The summed E-state index contributed by atoms with van der Waals surface area (Å²) in [4.78, 5) is 21.3. The molecule has 0 aliphatic carbocycles. The maximum Gasteiger partial charge on any atom is 0.471 e. The van der Waals surface area contributed by atoms with Crippen LogP contribution < -0.4 is 15.0 Å². The predicted molar refractivity (Wildman–Crippen MR) is 97.6 cm³/mol. The van der Waals surface area contributed by atoms with E-state index in [9.17, 15) is 22.4 Å². The highest BCUT2D eigenvalue weighted by Crippen LogP contribution is 2.34. The number of benzene rings is 1. The van der Waals surface area contributed by atoms with E-state index in [0.717, 1.165) is 0 Å². The van der Waals surface area contributed by atoms with Crippen molar-refractivity contribution in [1.29, 1.82) is 0 Å². The van der Waals surface area contributed by atoms with Crippen LogP contribution in [0.15, 0.2) is 30.5 Å². The summed E-state index contributed by atoms with van der Waals surface area (Å²) in [6.45, 7) is 0.421. The molecule has 0 saturated carbocycles. The molecule has 1 aliphatic rings. The van der Waals surface area contributed by atoms with Crippen LogP contribution in [-0.4, -0.2) is 48.3 Å². The van der Waals surface area contributed by atoms with Crippen molar-refractivity contribution in [3.63, 3.8) is 0 Å². The summed E-state index contributed by atoms with van der Waals surface area (Å²) in [5.41, 5.74) is 0.630. The number of aromatic nitrogens is 2. The molecule has 1 fully saturated rings. The SMILES string of the molecule is COc1ncc(Cl)c(N2CCC(c3ccc(F)cc3)C(NC(=O)C(F)(F)F)C2)n1. The number of carbonyl (C=O) groups excluding carboxylic acids is 1. The number of halogens is 5. The summed E-state index contributed by atoms with van der Waals surface area (Å²) >= 11 is 6.15. The summed E-state index contributed by atoms with van der Waals surface area (Å²) in [5.74, 6) is -2.65. The summed E-state index contributed by atoms with van der Waals surface area (Å²) in [6.07, 6.45) is -3.30. The molecular weight excluding hydrogens is 416 g/mol. The first-order valence-corrected chi connectivity index (χ1v) is 9.01. The largest absolute Gasteiger partial charge is 0.471 e. The van der Waals surface area contributed by atoms with Gasteiger partial charge in [0.15, 0.2) is 5.82 Å². The Balaban J connectivity index is 1.89. The average Bonchev–Trinajstić information content (AvgIpc) is 2.68. The lowest BCUT2D eigenvalue weighted by Crippen LogP contribution is -2.54. The van der Waals surface area contributed by atoms with Gasteiger partial charge in [-0.05, 0) is 24.1 Å². The number of anilines is 1. The van der Waals surface area contributed by atoms with Gasteiger partial charge in [0, 0.05) is 19.0 Å². The van der Waals surface area contributed by atoms with Gasteiger partial charge in [-0.1, -0.05) is 23.7 Å². The van der Waals surface area contributed by atoms with Crippen LogP contribution in [0.3, 0.4) is 0 Å². The highest BCUT2D eigenvalue weighted by molar-refractivity contribution is 6.32. The zero-order valence-electron chi connectivity index (χ0n) is 15.2. The molecule has 2 unspecified atom stereocenters. The quantitative estimate of drug-likeness (QED) is 0.751. The Hall–Kier alpha value is -2.62. The monoisotopic (exact) mass is 432 g/mol. The highest BCUT2D eigenvalue weighted by Gasteiger charge is 2.42. The van der Waals surface area contributed by atoms with Crippen molar-refractivity contribution in [3.05, 3.63) is 46.9 Å². The number of ether oxygens (including phenoxy) is 1. The lowest BCUT2D eigenvalue weighted by atomic mass is 9.85. The number of amides is 1. The maximum absolute atomic E-state index is 13.2. The van der Waals surface area contributed by atoms with Crippen LogP contribution >= 0.6 is 11.6 Å². The van der Waals surface area contributed by atoms with Gasteiger partial charge in [-0.25, -0.2) is 9.37 Å². The van der Waals surface area contributed by atoms with Crippen molar-refractivity contribution >= 4 is 23.3 Å². The molecular formula is C18H17ClF4N4O2. The molecule has 1 saturated heterocycles. The second kappa shape index (κ2) is 8.40. The van der Waals surface area contributed by atoms with E-state index in [0.29, 0.717) is 24.3 Å². The summed E-state index contributed by atoms with van der Waals surface area (Å²) in [6, 6.07) is 4.63. The third-order valence-corrected chi connectivity index (χ3v) is 4.94. The molecule has 1 amide bonds. The van der Waals surface area contributed by atoms with Crippen LogP contribution in [0.4, 0.5) is 23.4 Å². The van der Waals surface area contributed by atoms with Crippen LogP contribution in [0.25, 0.3) is 0 Å². The van der Waals surface area contributed by atoms with Gasteiger partial charge in [0.1, 0.15) is 10.8 Å². The number of nitrogens with one attached hydrogen (secondary N) is 1. The smallest absolute Gasteiger partial charge is 0.467 e. The van der Waals surface area contributed by atoms with E-state index in [4.69, 9.17) is 16.3 Å². The van der Waals surface area contributed by atoms with E-state index < -0.39 is 29.9 Å². The molecule has 0 spiro atoms. The molecule has 29 heavy (non-hydrogen) atoms. The van der Waals surface area contributed by atoms with Gasteiger partial charge in [0.05, 0.1) is 19.3 Å². The molecule has 2 aromatic rings. The number of rotatable bonds is 4. The number of hydrogen-bond donors (Lipinski definition) is 1. The molecule has 1 aromatic carbocycles. The number of methoxy groups -OCH3 is 1. The van der Waals surface area contributed by atoms with Gasteiger partial charge >= 0.3 is 18.1 Å². The molecule has 3 rings (SSSR count). The van der Waals surface area contributed by atoms with Gasteiger partial charge in [0.2, 0.25) is 0 Å². The Labute approximate surface area is 168 Å². The van der Waals surface area contributed by atoms with Crippen molar-refractivity contribution < 1.29 is 27.1 Å². The van der Waals surface area contributed by atoms with Crippen molar-refractivity contribution in [1.82, 2.24) is 15.3 Å². The fraction of sp³-hybridized carbons (Fsp3) is 0.389. The van der Waals surface area contributed by atoms with E-state index >= 15 is 0 Å². The zero-order valence-corrected chi connectivity index (χ0v) is 16.0. The number of hydrogen-bond acceptors (Lipinski definition) is 5. The number of carbonyl (C=O) groups is 1. The molecule has 6 nitrogen and oxygen atoms in total. The second-order valence-electron chi connectivity index (χ2n) is 6.50. The van der Waals surface area contributed by atoms with Crippen molar-refractivity contribution in [3.8, 4) is 6.01 Å². The van der Waals surface area contributed by atoms with Crippen LogP contribution in [0.2, 0.25) is 5.02 Å². The molecule has 1 N–H and O–H groups in total. The minimum absolute atomic E-state index is 0.0176. The molecule has 0 bridgehead atoms. The standard InChI is InChI=1S/C18H17ClF4N4O2/c1-29-17-24-8-13(19)15(26-17)27-7-6-12(10-2-4-11(20)5-3-10)14(9-27)25-16(28)18(21,22)23/h2-5,8,12,14H,6-7,9H2,1H3,(H,25,28). The van der Waals surface area contributed by atoms with Gasteiger partial charge in [-0.3, -0.25) is 4.79 Å². The summed E-state index contributed by atoms with van der Waals surface area (Å²) < 4.78 is 56.7. The van der Waals surface area contributed by atoms with Gasteiger partial charge < -0.3 is 15.0 Å². The molecule has 2 atom stereocenters. The second-order valence-corrected chi connectivity index (χ2v) is 6.91. The molecule has 11 heteroatoms. The van der Waals surface area contributed by atoms with Gasteiger partial charge in [-0.15, -0.1) is 0 Å². The molecule has 156 valence electrons. The Morgan fingerprint density at radius 1 is 1.31 bits per heavy atom. The van der Waals surface area contributed by atoms with E-state index in [-0.39, 0.29) is 17.6 Å². The van der Waals surface area contributed by atoms with Crippen LogP contribution in [0.1, 0.15) is 17.9 Å². The Bertz CT molecular complexity index is 879. The van der Waals surface area contributed by atoms with Gasteiger partial charge in [0.25, 0.3) is 0 Å². The number of nitrogens with zero attached hydrogens (tertiary/aromatic N) is 3. The third kappa shape index (κ3) is 4.87. The van der Waals surface area contributed by atoms with Crippen molar-refractivity contribution in [2.75, 3.05) is 25.1 Å². The third-order valence-electron chi connectivity index (χ3n) is 4.67. The number of alkyl halides is 3. The van der Waals surface area contributed by atoms with E-state index in [2.05, 4.69) is 15.3 Å². The Morgan fingerprint density at radius 2 is 2.00 bits per heavy atom. The maximum atomic E-state index is 13.2. The van der Waals surface area contributed by atoms with Gasteiger partial charge in [-0.2, -0.15) is 18.2 Å². The van der Waals surface area contributed by atoms with E-state index in [1.165, 1.54) is 37.6 Å². The Kier molecular flexibility index (Phi) is 6.11. The van der Waals surface area contributed by atoms with Crippen molar-refractivity contribution in [2.45, 2.75) is 24.6 Å². The van der Waals surface area contributed by atoms with Crippen LogP contribution in [-0.2, 0) is 4.79 Å². The normalized spacial score (nSPS) is 19.7. The highest BCUT2D eigenvalue weighted by atomic mass is 35.5. The molecule has 0 radical (unpaired) electrons. The molecule has 1 aliphatic heterocycles. The first-order chi connectivity index (χ1) is 13.7. The summed E-state index contributed by atoms with van der Waals surface area (Å²) in [5, 5.41) is 2.25. The summed E-state index contributed by atoms with van der Waals surface area (Å²) in [7, 11) is 1.38. The first kappa shape index (κ1) is 21.1. The number of piperidine rings is 1. The lowest BCUT2D eigenvalue weighted by molar-refractivity contribution is -0.174. The average molecular weight is 433 g/mol. The first-order valence-electron chi connectivity index (χ1n) is 8.63. The Morgan fingerprint density at radius 3 is 2.62 bits per heavy atom. The lowest BCUT2D eigenvalue weighted by Gasteiger charge is -2.40. The topological polar surface area (TPSA) is 67.3 Å². The van der Waals surface area contributed by atoms with E-state index in [1.54, 1.807) is 4.90 Å². The zero-order chi connectivity index (χ0) is 21.2. The minimum atomic E-state index is -5.02. The van der Waals surface area contributed by atoms with E-state index in [1.807, 2.05) is 0 Å². The minimum Gasteiger partial charge on any atom is -0.467 e.